The standard InChI is InChI=1S/C16H21NO5/c1-3-9-21-11-14(16(19)20)17-15(18)12(2)22-10-13-7-5-4-6-8-13/h3-8,12,14H,1,9-11H2,2H3,(H,17,18)(H,19,20). The van der Waals surface area contributed by atoms with Crippen LogP contribution in [0.5, 0.6) is 0 Å². The van der Waals surface area contributed by atoms with Crippen LogP contribution in [0.25, 0.3) is 0 Å². The SMILES string of the molecule is C=CCOCC(NC(=O)C(C)OCc1ccccc1)C(=O)O. The average Bonchev–Trinajstić information content (AvgIpc) is 2.52. The first kappa shape index (κ1) is 17.9. The molecular weight excluding hydrogens is 286 g/mol. The third kappa shape index (κ3) is 6.51. The molecular formula is C16H21NO5. The summed E-state index contributed by atoms with van der Waals surface area (Å²) in [6.07, 6.45) is 0.744. The van der Waals surface area contributed by atoms with Crippen molar-refractivity contribution in [1.29, 1.82) is 0 Å². The molecule has 6 nitrogen and oxygen atoms in total. The van der Waals surface area contributed by atoms with Gasteiger partial charge < -0.3 is 19.9 Å². The fourth-order valence-electron chi connectivity index (χ4n) is 1.60. The van der Waals surface area contributed by atoms with Gasteiger partial charge >= 0.3 is 5.97 Å². The van der Waals surface area contributed by atoms with Crippen molar-refractivity contribution in [1.82, 2.24) is 5.32 Å². The Kier molecular flexibility index (Phi) is 7.88. The minimum absolute atomic E-state index is 0.126. The first-order chi connectivity index (χ1) is 10.5. The molecule has 0 aliphatic rings. The number of hydrogen-bond donors (Lipinski definition) is 2. The van der Waals surface area contributed by atoms with E-state index in [0.717, 1.165) is 5.56 Å². The molecule has 2 atom stereocenters. The molecule has 0 saturated heterocycles. The fourth-order valence-corrected chi connectivity index (χ4v) is 1.60. The van der Waals surface area contributed by atoms with Crippen LogP contribution >= 0.6 is 0 Å². The summed E-state index contributed by atoms with van der Waals surface area (Å²) in [5.74, 6) is -1.65. The topological polar surface area (TPSA) is 84.9 Å². The molecule has 0 aromatic heterocycles. The molecule has 0 fully saturated rings. The minimum Gasteiger partial charge on any atom is -0.480 e. The number of nitrogens with one attached hydrogen (secondary N) is 1. The second kappa shape index (κ2) is 9.70. The smallest absolute Gasteiger partial charge is 0.328 e. The van der Waals surface area contributed by atoms with Crippen LogP contribution in [0.4, 0.5) is 0 Å². The Morgan fingerprint density at radius 1 is 1.36 bits per heavy atom. The van der Waals surface area contributed by atoms with E-state index in [1.54, 1.807) is 6.92 Å². The Labute approximate surface area is 129 Å². The molecule has 0 radical (unpaired) electrons. The van der Waals surface area contributed by atoms with Crippen molar-refractivity contribution in [2.24, 2.45) is 0 Å². The Morgan fingerprint density at radius 3 is 2.64 bits per heavy atom. The van der Waals surface area contributed by atoms with Crippen LogP contribution in [0.3, 0.4) is 0 Å². The zero-order chi connectivity index (χ0) is 16.4. The first-order valence-electron chi connectivity index (χ1n) is 6.92. The molecule has 22 heavy (non-hydrogen) atoms. The second-order valence-electron chi connectivity index (χ2n) is 4.66. The van der Waals surface area contributed by atoms with Crippen LogP contribution in [0, 0.1) is 0 Å². The Bertz CT molecular complexity index is 489. The third-order valence-corrected chi connectivity index (χ3v) is 2.85. The minimum atomic E-state index is -1.16. The molecule has 0 spiro atoms. The number of rotatable bonds is 10. The summed E-state index contributed by atoms with van der Waals surface area (Å²) in [7, 11) is 0. The summed E-state index contributed by atoms with van der Waals surface area (Å²) < 4.78 is 10.5. The predicted octanol–water partition coefficient (Wildman–Crippen LogP) is 1.36. The number of carbonyl (C=O) groups excluding carboxylic acids is 1. The van der Waals surface area contributed by atoms with Gasteiger partial charge in [-0.2, -0.15) is 0 Å². The fraction of sp³-hybridized carbons (Fsp3) is 0.375. The Balaban J connectivity index is 2.43. The maximum absolute atomic E-state index is 11.9. The van der Waals surface area contributed by atoms with Gasteiger partial charge in [0.05, 0.1) is 19.8 Å². The molecule has 2 N–H and O–H groups in total. The highest BCUT2D eigenvalue weighted by molar-refractivity contribution is 5.86. The summed E-state index contributed by atoms with van der Waals surface area (Å²) >= 11 is 0. The van der Waals surface area contributed by atoms with Gasteiger partial charge in [-0.3, -0.25) is 4.79 Å². The van der Waals surface area contributed by atoms with E-state index in [1.807, 2.05) is 30.3 Å². The van der Waals surface area contributed by atoms with Gasteiger partial charge in [0, 0.05) is 0 Å². The van der Waals surface area contributed by atoms with Gasteiger partial charge in [-0.1, -0.05) is 36.4 Å². The van der Waals surface area contributed by atoms with Crippen molar-refractivity contribution < 1.29 is 24.2 Å². The molecule has 0 bridgehead atoms. The average molecular weight is 307 g/mol. The lowest BCUT2D eigenvalue weighted by Crippen LogP contribution is -2.47. The van der Waals surface area contributed by atoms with E-state index in [2.05, 4.69) is 11.9 Å². The Morgan fingerprint density at radius 2 is 2.05 bits per heavy atom. The van der Waals surface area contributed by atoms with Crippen molar-refractivity contribution in [3.05, 3.63) is 48.6 Å². The van der Waals surface area contributed by atoms with Crippen LogP contribution in [0.2, 0.25) is 0 Å². The molecule has 1 amide bonds. The number of hydrogen-bond acceptors (Lipinski definition) is 4. The quantitative estimate of drug-likeness (QED) is 0.504. The summed E-state index contributed by atoms with van der Waals surface area (Å²) in [4.78, 5) is 23.0. The number of aliphatic carboxylic acids is 1. The number of ether oxygens (including phenoxy) is 2. The summed E-state index contributed by atoms with van der Waals surface area (Å²) in [6, 6.07) is 8.29. The van der Waals surface area contributed by atoms with E-state index in [0.29, 0.717) is 0 Å². The number of amides is 1. The van der Waals surface area contributed by atoms with Crippen LogP contribution in [0.15, 0.2) is 43.0 Å². The monoisotopic (exact) mass is 307 g/mol. The molecule has 2 unspecified atom stereocenters. The zero-order valence-corrected chi connectivity index (χ0v) is 12.5. The molecule has 1 rings (SSSR count). The van der Waals surface area contributed by atoms with Crippen LogP contribution in [-0.4, -0.2) is 42.3 Å². The highest BCUT2D eigenvalue weighted by Crippen LogP contribution is 2.03. The summed E-state index contributed by atoms with van der Waals surface area (Å²) in [5, 5.41) is 11.4. The van der Waals surface area contributed by atoms with Gasteiger partial charge in [-0.25, -0.2) is 4.79 Å². The molecule has 120 valence electrons. The van der Waals surface area contributed by atoms with Gasteiger partial charge in [-0.05, 0) is 12.5 Å². The van der Waals surface area contributed by atoms with Gasteiger partial charge in [-0.15, -0.1) is 6.58 Å². The van der Waals surface area contributed by atoms with Gasteiger partial charge in [0.15, 0.2) is 6.04 Å². The van der Waals surface area contributed by atoms with Crippen molar-refractivity contribution in [3.8, 4) is 0 Å². The van der Waals surface area contributed by atoms with Crippen molar-refractivity contribution in [2.45, 2.75) is 25.7 Å². The highest BCUT2D eigenvalue weighted by Gasteiger charge is 2.23. The van der Waals surface area contributed by atoms with E-state index in [4.69, 9.17) is 14.6 Å². The van der Waals surface area contributed by atoms with E-state index >= 15 is 0 Å². The van der Waals surface area contributed by atoms with E-state index in [1.165, 1.54) is 6.08 Å². The molecule has 0 aliphatic carbocycles. The van der Waals surface area contributed by atoms with E-state index in [9.17, 15) is 9.59 Å². The molecule has 1 aromatic rings. The third-order valence-electron chi connectivity index (χ3n) is 2.85. The van der Waals surface area contributed by atoms with E-state index < -0.39 is 24.0 Å². The maximum Gasteiger partial charge on any atom is 0.328 e. The van der Waals surface area contributed by atoms with Crippen molar-refractivity contribution in [2.75, 3.05) is 13.2 Å². The predicted molar refractivity (Wildman–Crippen MR) is 81.3 cm³/mol. The van der Waals surface area contributed by atoms with Gasteiger partial charge in [0.25, 0.3) is 0 Å². The zero-order valence-electron chi connectivity index (χ0n) is 12.5. The number of benzene rings is 1. The molecule has 0 heterocycles. The number of carboxylic acids is 1. The highest BCUT2D eigenvalue weighted by atomic mass is 16.5. The summed E-state index contributed by atoms with van der Waals surface area (Å²) in [5.41, 5.74) is 0.936. The number of carbonyl (C=O) groups is 2. The maximum atomic E-state index is 11.9. The molecule has 0 saturated carbocycles. The van der Waals surface area contributed by atoms with Crippen LogP contribution in [-0.2, 0) is 25.7 Å². The molecule has 6 heteroatoms. The summed E-state index contributed by atoms with van der Waals surface area (Å²) in [6.45, 7) is 5.41. The largest absolute Gasteiger partial charge is 0.480 e. The lowest BCUT2D eigenvalue weighted by Gasteiger charge is -2.18. The van der Waals surface area contributed by atoms with Crippen LogP contribution < -0.4 is 5.32 Å². The van der Waals surface area contributed by atoms with Crippen molar-refractivity contribution in [3.63, 3.8) is 0 Å². The van der Waals surface area contributed by atoms with Gasteiger partial charge in [0.2, 0.25) is 5.91 Å². The van der Waals surface area contributed by atoms with Gasteiger partial charge in [0.1, 0.15) is 6.10 Å². The van der Waals surface area contributed by atoms with Crippen LogP contribution in [0.1, 0.15) is 12.5 Å². The molecule has 1 aromatic carbocycles. The first-order valence-corrected chi connectivity index (χ1v) is 6.92. The van der Waals surface area contributed by atoms with Crippen molar-refractivity contribution >= 4 is 11.9 Å². The normalized spacial score (nSPS) is 13.1. The second-order valence-corrected chi connectivity index (χ2v) is 4.66. The lowest BCUT2D eigenvalue weighted by molar-refractivity contribution is -0.146. The van der Waals surface area contributed by atoms with E-state index in [-0.39, 0.29) is 19.8 Å². The Hall–Kier alpha value is -2.18. The lowest BCUT2D eigenvalue weighted by atomic mass is 10.2. The molecule has 0 aliphatic heterocycles. The number of carboxylic acid groups (broad SMARTS) is 1.